The molecule has 1 amide bonds. The van der Waals surface area contributed by atoms with Crippen LogP contribution in [0.4, 0.5) is 0 Å². The molecule has 0 aliphatic heterocycles. The molecule has 4 rings (SSSR count). The van der Waals surface area contributed by atoms with Gasteiger partial charge < -0.3 is 10.2 Å². The number of phenols is 2. The summed E-state index contributed by atoms with van der Waals surface area (Å²) in [6.45, 7) is 0. The van der Waals surface area contributed by atoms with E-state index in [4.69, 9.17) is 0 Å². The van der Waals surface area contributed by atoms with Gasteiger partial charge in [0.25, 0.3) is 5.91 Å². The molecule has 0 unspecified atom stereocenters. The molecule has 4 aromatic rings. The van der Waals surface area contributed by atoms with Gasteiger partial charge in [-0.05, 0) is 35.7 Å². The van der Waals surface area contributed by atoms with E-state index in [-0.39, 0.29) is 17.4 Å². The van der Waals surface area contributed by atoms with Crippen molar-refractivity contribution in [3.63, 3.8) is 0 Å². The summed E-state index contributed by atoms with van der Waals surface area (Å²) in [7, 11) is 0. The van der Waals surface area contributed by atoms with Gasteiger partial charge in [0.05, 0.1) is 27.9 Å². The van der Waals surface area contributed by atoms with Crippen molar-refractivity contribution >= 4 is 34.4 Å². The quantitative estimate of drug-likeness (QED) is 0.361. The summed E-state index contributed by atoms with van der Waals surface area (Å²) in [5, 5.41) is 25.7. The molecular formula is C21H15N3O3S. The van der Waals surface area contributed by atoms with E-state index < -0.39 is 0 Å². The number of hydrazone groups is 1. The lowest BCUT2D eigenvalue weighted by atomic mass is 10.1. The maximum Gasteiger partial charge on any atom is 0.272 e. The Labute approximate surface area is 164 Å². The van der Waals surface area contributed by atoms with Gasteiger partial charge in [0, 0.05) is 17.0 Å². The molecule has 0 aliphatic carbocycles. The number of nitrogens with one attached hydrogen (secondary N) is 1. The lowest BCUT2D eigenvalue weighted by Crippen LogP contribution is -2.18. The van der Waals surface area contributed by atoms with Gasteiger partial charge in [-0.25, -0.2) is 10.4 Å². The van der Waals surface area contributed by atoms with E-state index in [0.717, 1.165) is 21.5 Å². The number of carbonyl (C=O) groups is 1. The Hall–Kier alpha value is -3.71. The third-order valence-electron chi connectivity index (χ3n) is 4.12. The van der Waals surface area contributed by atoms with Gasteiger partial charge in [-0.3, -0.25) is 4.79 Å². The first-order valence-electron chi connectivity index (χ1n) is 8.41. The molecule has 2 heterocycles. The molecule has 0 aliphatic rings. The van der Waals surface area contributed by atoms with Crippen molar-refractivity contribution in [1.82, 2.24) is 10.4 Å². The third kappa shape index (κ3) is 3.56. The highest BCUT2D eigenvalue weighted by Crippen LogP contribution is 2.28. The Balaban J connectivity index is 1.65. The number of amides is 1. The number of para-hydroxylation sites is 1. The van der Waals surface area contributed by atoms with Crippen molar-refractivity contribution in [2.24, 2.45) is 5.10 Å². The zero-order chi connectivity index (χ0) is 19.5. The molecule has 2 aromatic carbocycles. The zero-order valence-electron chi connectivity index (χ0n) is 14.5. The first-order chi connectivity index (χ1) is 13.6. The second-order valence-corrected chi connectivity index (χ2v) is 6.94. The molecule has 28 heavy (non-hydrogen) atoms. The van der Waals surface area contributed by atoms with Crippen molar-refractivity contribution in [3.8, 4) is 22.1 Å². The topological polar surface area (TPSA) is 94.8 Å². The number of aromatic hydroxyl groups is 2. The van der Waals surface area contributed by atoms with Gasteiger partial charge in [-0.1, -0.05) is 24.3 Å². The summed E-state index contributed by atoms with van der Waals surface area (Å²) >= 11 is 1.55. The minimum atomic E-state index is -0.383. The van der Waals surface area contributed by atoms with Crippen molar-refractivity contribution < 1.29 is 15.0 Å². The molecule has 7 heteroatoms. The summed E-state index contributed by atoms with van der Waals surface area (Å²) in [4.78, 5) is 18.4. The highest BCUT2D eigenvalue weighted by molar-refractivity contribution is 7.13. The Bertz CT molecular complexity index is 1190. The SMILES string of the molecule is O=C(N/N=C/c1ccc(O)cc1O)c1cc(-c2cccs2)nc2ccccc12. The molecule has 138 valence electrons. The number of nitrogens with zero attached hydrogens (tertiary/aromatic N) is 2. The summed E-state index contributed by atoms with van der Waals surface area (Å²) in [5.74, 6) is -0.568. The van der Waals surface area contributed by atoms with Crippen molar-refractivity contribution in [1.29, 1.82) is 0 Å². The van der Waals surface area contributed by atoms with Crippen LogP contribution in [0.3, 0.4) is 0 Å². The molecule has 0 atom stereocenters. The van der Waals surface area contributed by atoms with E-state index in [1.807, 2.05) is 41.8 Å². The smallest absolute Gasteiger partial charge is 0.272 e. The monoisotopic (exact) mass is 389 g/mol. The van der Waals surface area contributed by atoms with E-state index >= 15 is 0 Å². The molecule has 0 saturated carbocycles. The number of phenolic OH excluding ortho intramolecular Hbond substituents is 2. The molecular weight excluding hydrogens is 374 g/mol. The first kappa shape index (κ1) is 17.7. The van der Waals surface area contributed by atoms with Crippen LogP contribution in [0.25, 0.3) is 21.5 Å². The summed E-state index contributed by atoms with van der Waals surface area (Å²) in [6.07, 6.45) is 1.32. The first-order valence-corrected chi connectivity index (χ1v) is 9.29. The van der Waals surface area contributed by atoms with E-state index in [9.17, 15) is 15.0 Å². The highest BCUT2D eigenvalue weighted by atomic mass is 32.1. The van der Waals surface area contributed by atoms with Crippen LogP contribution >= 0.6 is 11.3 Å². The zero-order valence-corrected chi connectivity index (χ0v) is 15.4. The Morgan fingerprint density at radius 2 is 1.93 bits per heavy atom. The molecule has 0 fully saturated rings. The fourth-order valence-electron chi connectivity index (χ4n) is 2.78. The van der Waals surface area contributed by atoms with Crippen LogP contribution in [0.1, 0.15) is 15.9 Å². The van der Waals surface area contributed by atoms with Gasteiger partial charge in [0.2, 0.25) is 0 Å². The molecule has 0 spiro atoms. The van der Waals surface area contributed by atoms with E-state index in [2.05, 4.69) is 15.5 Å². The second-order valence-electron chi connectivity index (χ2n) is 5.99. The maximum atomic E-state index is 12.8. The molecule has 6 nitrogen and oxygen atoms in total. The van der Waals surface area contributed by atoms with E-state index in [0.29, 0.717) is 11.1 Å². The lowest BCUT2D eigenvalue weighted by Gasteiger charge is -2.08. The van der Waals surface area contributed by atoms with Crippen LogP contribution in [0.15, 0.2) is 71.1 Å². The second kappa shape index (κ2) is 7.50. The van der Waals surface area contributed by atoms with E-state index in [1.165, 1.54) is 24.4 Å². The number of rotatable bonds is 4. The number of benzene rings is 2. The van der Waals surface area contributed by atoms with Crippen LogP contribution in [0.2, 0.25) is 0 Å². The minimum absolute atomic E-state index is 0.0527. The Morgan fingerprint density at radius 3 is 2.71 bits per heavy atom. The van der Waals surface area contributed by atoms with Gasteiger partial charge in [0.1, 0.15) is 11.5 Å². The summed E-state index contributed by atoms with van der Waals surface area (Å²) < 4.78 is 0. The predicted octanol–water partition coefficient (Wildman–Crippen LogP) is 4.14. The lowest BCUT2D eigenvalue weighted by molar-refractivity contribution is 0.0956. The number of hydrogen-bond donors (Lipinski definition) is 3. The summed E-state index contributed by atoms with van der Waals surface area (Å²) in [6, 6.07) is 17.2. The standard InChI is InChI=1S/C21H15N3O3S/c25-14-8-7-13(19(26)10-14)12-22-24-21(27)16-11-18(20-6-3-9-28-20)23-17-5-2-1-4-15(16)17/h1-12,25-26H,(H,24,27)/b22-12+. The number of pyridine rings is 1. The van der Waals surface area contributed by atoms with Gasteiger partial charge >= 0.3 is 0 Å². The normalized spacial score (nSPS) is 11.1. The van der Waals surface area contributed by atoms with Crippen molar-refractivity contribution in [3.05, 3.63) is 77.2 Å². The fraction of sp³-hybridized carbons (Fsp3) is 0. The van der Waals surface area contributed by atoms with Crippen LogP contribution in [-0.4, -0.2) is 27.3 Å². The average Bonchev–Trinajstić information content (AvgIpc) is 3.23. The van der Waals surface area contributed by atoms with Crippen LogP contribution in [0, 0.1) is 0 Å². The van der Waals surface area contributed by atoms with Crippen LogP contribution < -0.4 is 5.43 Å². The fourth-order valence-corrected chi connectivity index (χ4v) is 3.46. The maximum absolute atomic E-state index is 12.8. The van der Waals surface area contributed by atoms with Gasteiger partial charge in [-0.2, -0.15) is 5.10 Å². The van der Waals surface area contributed by atoms with Crippen LogP contribution in [0.5, 0.6) is 11.5 Å². The number of aromatic nitrogens is 1. The molecule has 3 N–H and O–H groups in total. The molecule has 2 aromatic heterocycles. The van der Waals surface area contributed by atoms with E-state index in [1.54, 1.807) is 17.4 Å². The van der Waals surface area contributed by atoms with Crippen molar-refractivity contribution in [2.75, 3.05) is 0 Å². The molecule has 0 saturated heterocycles. The number of carbonyl (C=O) groups excluding carboxylic acids is 1. The molecule has 0 radical (unpaired) electrons. The van der Waals surface area contributed by atoms with Gasteiger partial charge in [0.15, 0.2) is 0 Å². The predicted molar refractivity (Wildman–Crippen MR) is 110 cm³/mol. The average molecular weight is 389 g/mol. The Kier molecular flexibility index (Phi) is 4.74. The Morgan fingerprint density at radius 1 is 1.07 bits per heavy atom. The molecule has 0 bridgehead atoms. The number of thiophene rings is 1. The van der Waals surface area contributed by atoms with Crippen molar-refractivity contribution in [2.45, 2.75) is 0 Å². The number of hydrogen-bond acceptors (Lipinski definition) is 6. The number of fused-ring (bicyclic) bond motifs is 1. The van der Waals surface area contributed by atoms with Gasteiger partial charge in [-0.15, -0.1) is 11.3 Å². The van der Waals surface area contributed by atoms with Crippen LogP contribution in [-0.2, 0) is 0 Å². The third-order valence-corrected chi connectivity index (χ3v) is 5.01. The summed E-state index contributed by atoms with van der Waals surface area (Å²) in [5.41, 5.74) is 4.76. The largest absolute Gasteiger partial charge is 0.508 e. The minimum Gasteiger partial charge on any atom is -0.508 e. The highest BCUT2D eigenvalue weighted by Gasteiger charge is 2.14.